The smallest absolute Gasteiger partial charge is 0.377 e. The van der Waals surface area contributed by atoms with Gasteiger partial charge in [-0.25, -0.2) is 0 Å². The molecular formula is C28H44N2O10S2Si2. The SMILES string of the molecule is CO[Si](CCCSCCCn1c(=O)c2cc3c(=O)n(CCCSCCC[Si](OC)(OC)OC)c(=O)c3cc2c1=O)(OC)OC. The second-order valence-corrected chi connectivity index (χ2v) is 18.8. The summed E-state index contributed by atoms with van der Waals surface area (Å²) in [6, 6.07) is 4.26. The summed E-state index contributed by atoms with van der Waals surface area (Å²) in [5.41, 5.74) is -1.70. The van der Waals surface area contributed by atoms with E-state index in [1.54, 1.807) is 66.2 Å². The summed E-state index contributed by atoms with van der Waals surface area (Å²) in [5, 5.41) is 0.732. The number of fused-ring (bicyclic) bond motifs is 2. The lowest BCUT2D eigenvalue weighted by Gasteiger charge is -2.24. The molecule has 0 radical (unpaired) electrons. The van der Waals surface area contributed by atoms with Gasteiger partial charge in [0.05, 0.1) is 21.5 Å². The fourth-order valence-electron chi connectivity index (χ4n) is 5.23. The molecular weight excluding hydrogens is 645 g/mol. The maximum absolute atomic E-state index is 13.1. The third-order valence-corrected chi connectivity index (χ3v) is 15.8. The van der Waals surface area contributed by atoms with Gasteiger partial charge in [-0.1, -0.05) is 0 Å². The largest absolute Gasteiger partial charge is 0.500 e. The Morgan fingerprint density at radius 2 is 0.773 bits per heavy atom. The van der Waals surface area contributed by atoms with Crippen molar-refractivity contribution in [3.63, 3.8) is 0 Å². The Morgan fingerprint density at radius 3 is 1.05 bits per heavy atom. The summed E-state index contributed by atoms with van der Waals surface area (Å²) in [5.74, 6) is 3.29. The van der Waals surface area contributed by atoms with Crippen molar-refractivity contribution in [3.05, 3.63) is 53.5 Å². The van der Waals surface area contributed by atoms with Crippen LogP contribution in [0.2, 0.25) is 12.1 Å². The Bertz CT molecular complexity index is 1360. The van der Waals surface area contributed by atoms with E-state index in [1.165, 1.54) is 21.3 Å². The van der Waals surface area contributed by atoms with E-state index in [9.17, 15) is 19.2 Å². The molecule has 0 saturated heterocycles. The van der Waals surface area contributed by atoms with Gasteiger partial charge in [-0.2, -0.15) is 23.5 Å². The molecule has 0 amide bonds. The van der Waals surface area contributed by atoms with Gasteiger partial charge in [0.25, 0.3) is 22.2 Å². The molecule has 12 nitrogen and oxygen atoms in total. The van der Waals surface area contributed by atoms with Crippen LogP contribution in [0.1, 0.15) is 25.7 Å². The topological polar surface area (TPSA) is 134 Å². The van der Waals surface area contributed by atoms with Gasteiger partial charge in [-0.15, -0.1) is 0 Å². The fourth-order valence-corrected chi connectivity index (χ4v) is 11.0. The van der Waals surface area contributed by atoms with Gasteiger partial charge in [0.1, 0.15) is 0 Å². The number of rotatable bonds is 22. The zero-order valence-electron chi connectivity index (χ0n) is 26.4. The molecule has 0 saturated carbocycles. The Labute approximate surface area is 267 Å². The standard InChI is InChI=1S/C28H44N2O10S2Si2/c1-35-43(36-2,37-3)17-9-15-41-13-7-11-29-25(31)21-19-23-24(20-22(21)26(29)32)28(34)30(27(23)33)12-8-14-42-16-10-18-44(38-4,39-5)40-6/h19-20H,7-18H2,1-6H3. The minimum absolute atomic E-state index is 0.183. The van der Waals surface area contributed by atoms with Crippen LogP contribution in [0.25, 0.3) is 21.5 Å². The van der Waals surface area contributed by atoms with Crippen LogP contribution in [0.3, 0.4) is 0 Å². The lowest BCUT2D eigenvalue weighted by Crippen LogP contribution is -2.42. The second kappa shape index (κ2) is 17.3. The first-order chi connectivity index (χ1) is 21.2. The molecule has 2 heterocycles. The Hall–Kier alpha value is -1.61. The van der Waals surface area contributed by atoms with Crippen molar-refractivity contribution in [1.29, 1.82) is 0 Å². The maximum Gasteiger partial charge on any atom is 0.500 e. The first-order valence-electron chi connectivity index (χ1n) is 14.5. The van der Waals surface area contributed by atoms with Crippen LogP contribution in [-0.2, 0) is 39.6 Å². The second-order valence-electron chi connectivity index (χ2n) is 10.2. The molecule has 0 unspecified atom stereocenters. The van der Waals surface area contributed by atoms with Crippen LogP contribution in [-0.4, -0.2) is 92.4 Å². The highest BCUT2D eigenvalue weighted by atomic mass is 32.2. The van der Waals surface area contributed by atoms with Gasteiger partial charge >= 0.3 is 17.6 Å². The van der Waals surface area contributed by atoms with Crippen LogP contribution in [0.5, 0.6) is 0 Å². The van der Waals surface area contributed by atoms with E-state index < -0.39 is 39.8 Å². The van der Waals surface area contributed by atoms with Gasteiger partial charge in [0, 0.05) is 67.8 Å². The molecule has 3 aromatic rings. The Morgan fingerprint density at radius 1 is 0.500 bits per heavy atom. The summed E-state index contributed by atoms with van der Waals surface area (Å²) in [7, 11) is 4.40. The first-order valence-corrected chi connectivity index (χ1v) is 20.7. The first kappa shape index (κ1) is 36.9. The summed E-state index contributed by atoms with van der Waals surface area (Å²) in [6.07, 6.45) is 3.00. The van der Waals surface area contributed by atoms with Crippen molar-refractivity contribution in [2.24, 2.45) is 0 Å². The highest BCUT2D eigenvalue weighted by molar-refractivity contribution is 7.99. The quantitative estimate of drug-likeness (QED) is 0.114. The molecule has 0 fully saturated rings. The zero-order chi connectivity index (χ0) is 32.3. The number of hydrogen-bond acceptors (Lipinski definition) is 12. The van der Waals surface area contributed by atoms with Crippen molar-refractivity contribution >= 4 is 62.7 Å². The number of hydrogen-bond donors (Lipinski definition) is 0. The fraction of sp³-hybridized carbons (Fsp3) is 0.643. The monoisotopic (exact) mass is 688 g/mol. The van der Waals surface area contributed by atoms with E-state index in [4.69, 9.17) is 26.6 Å². The van der Waals surface area contributed by atoms with Gasteiger partial charge in [-0.05, 0) is 60.8 Å². The molecule has 16 heteroatoms. The summed E-state index contributed by atoms with van der Waals surface area (Å²) in [6.45, 7) is 0.544. The van der Waals surface area contributed by atoms with Crippen LogP contribution < -0.4 is 22.2 Å². The molecule has 0 aliphatic rings. The number of thioether (sulfide) groups is 2. The van der Waals surface area contributed by atoms with E-state index in [-0.39, 0.29) is 34.6 Å². The van der Waals surface area contributed by atoms with Crippen LogP contribution in [0.4, 0.5) is 0 Å². The van der Waals surface area contributed by atoms with Crippen molar-refractivity contribution < 1.29 is 26.6 Å². The molecule has 0 aliphatic carbocycles. The lowest BCUT2D eigenvalue weighted by molar-refractivity contribution is 0.123. The molecule has 3 rings (SSSR count). The minimum Gasteiger partial charge on any atom is -0.377 e. The minimum atomic E-state index is -2.58. The highest BCUT2D eigenvalue weighted by Crippen LogP contribution is 2.20. The molecule has 246 valence electrons. The predicted octanol–water partition coefficient (Wildman–Crippen LogP) is 2.70. The van der Waals surface area contributed by atoms with Crippen molar-refractivity contribution in [1.82, 2.24) is 9.13 Å². The normalized spacial score (nSPS) is 12.7. The van der Waals surface area contributed by atoms with E-state index in [1.807, 2.05) is 0 Å². The molecule has 1 aromatic carbocycles. The highest BCUT2D eigenvalue weighted by Gasteiger charge is 2.37. The predicted molar refractivity (Wildman–Crippen MR) is 181 cm³/mol. The molecule has 0 bridgehead atoms. The van der Waals surface area contributed by atoms with Crippen molar-refractivity contribution in [3.8, 4) is 0 Å². The third kappa shape index (κ3) is 8.40. The van der Waals surface area contributed by atoms with Crippen LogP contribution in [0, 0.1) is 0 Å². The lowest BCUT2D eigenvalue weighted by atomic mass is 10.1. The number of benzene rings is 1. The van der Waals surface area contributed by atoms with E-state index in [2.05, 4.69) is 0 Å². The molecule has 0 atom stereocenters. The summed E-state index contributed by atoms with van der Waals surface area (Å²) < 4.78 is 35.0. The Balaban J connectivity index is 1.56. The summed E-state index contributed by atoms with van der Waals surface area (Å²) >= 11 is 3.45. The zero-order valence-corrected chi connectivity index (χ0v) is 30.1. The van der Waals surface area contributed by atoms with Crippen LogP contribution in [0.15, 0.2) is 31.3 Å². The van der Waals surface area contributed by atoms with Crippen LogP contribution >= 0.6 is 23.5 Å². The van der Waals surface area contributed by atoms with Crippen molar-refractivity contribution in [2.45, 2.75) is 50.9 Å². The van der Waals surface area contributed by atoms with E-state index in [0.717, 1.165) is 35.9 Å². The van der Waals surface area contributed by atoms with E-state index in [0.29, 0.717) is 24.9 Å². The van der Waals surface area contributed by atoms with Gasteiger partial charge in [0.15, 0.2) is 0 Å². The molecule has 44 heavy (non-hydrogen) atoms. The van der Waals surface area contributed by atoms with Gasteiger partial charge in [0.2, 0.25) is 0 Å². The average molecular weight is 689 g/mol. The summed E-state index contributed by atoms with van der Waals surface area (Å²) in [4.78, 5) is 52.4. The average Bonchev–Trinajstić information content (AvgIpc) is 3.42. The molecule has 0 spiro atoms. The number of aromatic nitrogens is 2. The maximum atomic E-state index is 13.1. The van der Waals surface area contributed by atoms with E-state index >= 15 is 0 Å². The molecule has 0 aliphatic heterocycles. The van der Waals surface area contributed by atoms with Crippen molar-refractivity contribution in [2.75, 3.05) is 65.7 Å². The molecule has 0 N–H and O–H groups in total. The number of nitrogens with zero attached hydrogens (tertiary/aromatic N) is 2. The van der Waals surface area contributed by atoms with Gasteiger partial charge in [-0.3, -0.25) is 28.3 Å². The third-order valence-electron chi connectivity index (χ3n) is 7.81. The molecule has 2 aromatic heterocycles. The Kier molecular flexibility index (Phi) is 14.5. The van der Waals surface area contributed by atoms with Gasteiger partial charge < -0.3 is 26.6 Å².